The highest BCUT2D eigenvalue weighted by atomic mass is 16.5. The van der Waals surface area contributed by atoms with E-state index in [1.807, 2.05) is 18.2 Å². The van der Waals surface area contributed by atoms with Crippen LogP contribution >= 0.6 is 0 Å². The SMILES string of the molecule is COCCCOc1cc(C[C@@H](NC=O)C2CCC2)ccc1OC. The van der Waals surface area contributed by atoms with Crippen molar-refractivity contribution in [3.63, 3.8) is 0 Å². The number of hydrogen-bond acceptors (Lipinski definition) is 4. The number of carbonyl (C=O) groups is 1. The zero-order valence-electron chi connectivity index (χ0n) is 14.0. The monoisotopic (exact) mass is 321 g/mol. The van der Waals surface area contributed by atoms with E-state index < -0.39 is 0 Å². The first kappa shape index (κ1) is 17.6. The predicted octanol–water partition coefficient (Wildman–Crippen LogP) is 2.57. The van der Waals surface area contributed by atoms with E-state index in [0.717, 1.165) is 36.3 Å². The molecule has 1 fully saturated rings. The van der Waals surface area contributed by atoms with Crippen molar-refractivity contribution in [2.45, 2.75) is 38.1 Å². The lowest BCUT2D eigenvalue weighted by atomic mass is 9.77. The van der Waals surface area contributed by atoms with Crippen LogP contribution in [0.15, 0.2) is 18.2 Å². The Kier molecular flexibility index (Phi) is 7.20. The number of rotatable bonds is 11. The van der Waals surface area contributed by atoms with Crippen molar-refractivity contribution >= 4 is 6.41 Å². The van der Waals surface area contributed by atoms with Gasteiger partial charge in [0.15, 0.2) is 11.5 Å². The molecule has 2 rings (SSSR count). The van der Waals surface area contributed by atoms with Crippen LogP contribution in [0.4, 0.5) is 0 Å². The van der Waals surface area contributed by atoms with E-state index >= 15 is 0 Å². The van der Waals surface area contributed by atoms with Crippen LogP contribution < -0.4 is 14.8 Å². The Hall–Kier alpha value is -1.75. The van der Waals surface area contributed by atoms with Crippen molar-refractivity contribution in [3.05, 3.63) is 23.8 Å². The summed E-state index contributed by atoms with van der Waals surface area (Å²) in [6.45, 7) is 1.27. The fraction of sp³-hybridized carbons (Fsp3) is 0.611. The summed E-state index contributed by atoms with van der Waals surface area (Å²) >= 11 is 0. The van der Waals surface area contributed by atoms with E-state index in [1.165, 1.54) is 19.3 Å². The van der Waals surface area contributed by atoms with Crippen molar-refractivity contribution in [2.24, 2.45) is 5.92 Å². The van der Waals surface area contributed by atoms with Gasteiger partial charge in [-0.3, -0.25) is 4.79 Å². The minimum Gasteiger partial charge on any atom is -0.493 e. The molecular weight excluding hydrogens is 294 g/mol. The summed E-state index contributed by atoms with van der Waals surface area (Å²) in [4.78, 5) is 10.9. The van der Waals surface area contributed by atoms with Gasteiger partial charge in [-0.2, -0.15) is 0 Å². The Balaban J connectivity index is 2.01. The van der Waals surface area contributed by atoms with Gasteiger partial charge < -0.3 is 19.5 Å². The van der Waals surface area contributed by atoms with E-state index in [-0.39, 0.29) is 6.04 Å². The van der Waals surface area contributed by atoms with Crippen LogP contribution in [0.3, 0.4) is 0 Å². The highest BCUT2D eigenvalue weighted by Crippen LogP contribution is 2.33. The molecule has 1 aliphatic carbocycles. The second kappa shape index (κ2) is 9.40. The molecule has 1 aromatic rings. The molecule has 1 saturated carbocycles. The first-order valence-corrected chi connectivity index (χ1v) is 8.26. The normalized spacial score (nSPS) is 15.6. The second-order valence-corrected chi connectivity index (χ2v) is 5.97. The molecule has 1 atom stereocenters. The molecule has 0 aliphatic heterocycles. The number of methoxy groups -OCH3 is 2. The van der Waals surface area contributed by atoms with Gasteiger partial charge in [-0.05, 0) is 42.9 Å². The van der Waals surface area contributed by atoms with E-state index in [1.54, 1.807) is 14.2 Å². The smallest absolute Gasteiger partial charge is 0.207 e. The van der Waals surface area contributed by atoms with Crippen LogP contribution in [-0.2, 0) is 16.0 Å². The molecule has 23 heavy (non-hydrogen) atoms. The van der Waals surface area contributed by atoms with Gasteiger partial charge in [0, 0.05) is 26.2 Å². The molecule has 0 aromatic heterocycles. The van der Waals surface area contributed by atoms with Crippen LogP contribution in [0.2, 0.25) is 0 Å². The lowest BCUT2D eigenvalue weighted by Crippen LogP contribution is -2.40. The number of amides is 1. The van der Waals surface area contributed by atoms with Gasteiger partial charge in [-0.1, -0.05) is 12.5 Å². The summed E-state index contributed by atoms with van der Waals surface area (Å²) in [6, 6.07) is 6.19. The molecule has 0 unspecified atom stereocenters. The van der Waals surface area contributed by atoms with Gasteiger partial charge in [0.2, 0.25) is 6.41 Å². The standard InChI is InChI=1S/C18H27NO4/c1-21-9-4-10-23-18-12-14(7-8-17(18)22-2)11-16(19-13-20)15-5-3-6-15/h7-8,12-13,15-16H,3-6,9-11H2,1-2H3,(H,19,20)/t16-/m1/s1. The summed E-state index contributed by atoms with van der Waals surface area (Å²) in [5, 5.41) is 2.97. The van der Waals surface area contributed by atoms with Crippen molar-refractivity contribution in [3.8, 4) is 11.5 Å². The lowest BCUT2D eigenvalue weighted by Gasteiger charge is -2.33. The quantitative estimate of drug-likeness (QED) is 0.503. The first-order chi connectivity index (χ1) is 11.3. The number of carbonyl (C=O) groups excluding carboxylic acids is 1. The van der Waals surface area contributed by atoms with E-state index in [4.69, 9.17) is 14.2 Å². The zero-order chi connectivity index (χ0) is 16.5. The molecule has 1 aromatic carbocycles. The van der Waals surface area contributed by atoms with Crippen molar-refractivity contribution in [1.82, 2.24) is 5.32 Å². The summed E-state index contributed by atoms with van der Waals surface area (Å²) in [7, 11) is 3.32. The largest absolute Gasteiger partial charge is 0.493 e. The fourth-order valence-corrected chi connectivity index (χ4v) is 2.89. The van der Waals surface area contributed by atoms with Crippen LogP contribution in [0, 0.1) is 5.92 Å². The summed E-state index contributed by atoms with van der Waals surface area (Å²) in [5.41, 5.74) is 1.15. The third-order valence-electron chi connectivity index (χ3n) is 4.44. The minimum absolute atomic E-state index is 0.205. The van der Waals surface area contributed by atoms with Gasteiger partial charge in [-0.25, -0.2) is 0 Å². The molecule has 5 nitrogen and oxygen atoms in total. The van der Waals surface area contributed by atoms with Crippen molar-refractivity contribution in [1.29, 1.82) is 0 Å². The zero-order valence-corrected chi connectivity index (χ0v) is 14.0. The summed E-state index contributed by atoms with van der Waals surface area (Å²) < 4.78 is 16.2. The van der Waals surface area contributed by atoms with Gasteiger partial charge >= 0.3 is 0 Å². The molecule has 1 amide bonds. The topological polar surface area (TPSA) is 56.8 Å². The number of benzene rings is 1. The van der Waals surface area contributed by atoms with Crippen LogP contribution in [-0.4, -0.2) is 39.9 Å². The second-order valence-electron chi connectivity index (χ2n) is 5.97. The van der Waals surface area contributed by atoms with E-state index in [2.05, 4.69) is 5.32 Å². The van der Waals surface area contributed by atoms with Gasteiger partial charge in [0.1, 0.15) is 0 Å². The van der Waals surface area contributed by atoms with Crippen LogP contribution in [0.1, 0.15) is 31.2 Å². The molecular formula is C18H27NO4. The fourth-order valence-electron chi connectivity index (χ4n) is 2.89. The molecule has 0 bridgehead atoms. The van der Waals surface area contributed by atoms with Gasteiger partial charge in [-0.15, -0.1) is 0 Å². The number of ether oxygens (including phenoxy) is 3. The Morgan fingerprint density at radius 3 is 2.70 bits per heavy atom. The van der Waals surface area contributed by atoms with Gasteiger partial charge in [0.25, 0.3) is 0 Å². The lowest BCUT2D eigenvalue weighted by molar-refractivity contribution is -0.110. The third-order valence-corrected chi connectivity index (χ3v) is 4.44. The average molecular weight is 321 g/mol. The van der Waals surface area contributed by atoms with Gasteiger partial charge in [0.05, 0.1) is 13.7 Å². The third kappa shape index (κ3) is 5.13. The molecule has 0 saturated heterocycles. The average Bonchev–Trinajstić information content (AvgIpc) is 2.50. The Morgan fingerprint density at radius 1 is 1.26 bits per heavy atom. The molecule has 1 N–H and O–H groups in total. The Labute approximate surface area is 138 Å². The predicted molar refractivity (Wildman–Crippen MR) is 89.0 cm³/mol. The van der Waals surface area contributed by atoms with Crippen LogP contribution in [0.5, 0.6) is 11.5 Å². The number of nitrogens with one attached hydrogen (secondary N) is 1. The van der Waals surface area contributed by atoms with E-state index in [0.29, 0.717) is 19.1 Å². The van der Waals surface area contributed by atoms with Crippen LogP contribution in [0.25, 0.3) is 0 Å². The van der Waals surface area contributed by atoms with E-state index in [9.17, 15) is 4.79 Å². The molecule has 0 spiro atoms. The maximum absolute atomic E-state index is 10.9. The molecule has 128 valence electrons. The molecule has 0 heterocycles. The highest BCUT2D eigenvalue weighted by Gasteiger charge is 2.27. The maximum atomic E-state index is 10.9. The Morgan fingerprint density at radius 2 is 2.09 bits per heavy atom. The Bertz CT molecular complexity index is 488. The molecule has 0 radical (unpaired) electrons. The van der Waals surface area contributed by atoms with Crippen molar-refractivity contribution in [2.75, 3.05) is 27.4 Å². The first-order valence-electron chi connectivity index (χ1n) is 8.26. The summed E-state index contributed by atoms with van der Waals surface area (Å²) in [5.74, 6) is 2.07. The maximum Gasteiger partial charge on any atom is 0.207 e. The number of hydrogen-bond donors (Lipinski definition) is 1. The molecule has 1 aliphatic rings. The molecule has 5 heteroatoms. The highest BCUT2D eigenvalue weighted by molar-refractivity contribution is 5.47. The van der Waals surface area contributed by atoms with Crippen molar-refractivity contribution < 1.29 is 19.0 Å². The minimum atomic E-state index is 0.205. The summed E-state index contributed by atoms with van der Waals surface area (Å²) in [6.07, 6.45) is 6.13.